The Morgan fingerprint density at radius 2 is 1.83 bits per heavy atom. The molecular formula is C11H14NO5S-. The number of hydrogen-bond donors (Lipinski definition) is 0. The van der Waals surface area contributed by atoms with Gasteiger partial charge in [0.05, 0.1) is 31.1 Å². The lowest BCUT2D eigenvalue weighted by Crippen LogP contribution is -2.48. The van der Waals surface area contributed by atoms with Crippen LogP contribution in [-0.2, 0) is 14.8 Å². The second-order valence-electron chi connectivity index (χ2n) is 3.75. The summed E-state index contributed by atoms with van der Waals surface area (Å²) in [6.07, 6.45) is 0.941. The third-order valence-corrected chi connectivity index (χ3v) is 3.62. The van der Waals surface area contributed by atoms with Crippen LogP contribution in [0.1, 0.15) is 6.92 Å². The van der Waals surface area contributed by atoms with Crippen LogP contribution in [0.4, 0.5) is 5.69 Å². The highest BCUT2D eigenvalue weighted by Crippen LogP contribution is 2.23. The highest BCUT2D eigenvalue weighted by molar-refractivity contribution is 7.92. The largest absolute Gasteiger partial charge is 0.548 e. The molecule has 0 N–H and O–H groups in total. The molecule has 100 valence electrons. The molecule has 0 fully saturated rings. The van der Waals surface area contributed by atoms with Crippen LogP contribution in [0.5, 0.6) is 5.75 Å². The molecule has 0 saturated carbocycles. The molecule has 7 heteroatoms. The molecule has 0 unspecified atom stereocenters. The molecule has 0 amide bonds. The maximum absolute atomic E-state index is 11.6. The van der Waals surface area contributed by atoms with Crippen molar-refractivity contribution >= 4 is 21.7 Å². The molecular weight excluding hydrogens is 258 g/mol. The summed E-state index contributed by atoms with van der Waals surface area (Å²) in [5.74, 6) is -0.912. The molecule has 1 rings (SSSR count). The number of carbonyl (C=O) groups is 1. The molecule has 1 aromatic rings. The Hall–Kier alpha value is -1.76. The number of methoxy groups -OCH3 is 1. The zero-order valence-corrected chi connectivity index (χ0v) is 11.1. The molecule has 0 saturated heterocycles. The van der Waals surface area contributed by atoms with Crippen LogP contribution >= 0.6 is 0 Å². The lowest BCUT2D eigenvalue weighted by Gasteiger charge is -2.29. The van der Waals surface area contributed by atoms with E-state index in [0.29, 0.717) is 5.75 Å². The fourth-order valence-electron chi connectivity index (χ4n) is 1.53. The van der Waals surface area contributed by atoms with Crippen LogP contribution in [-0.4, -0.2) is 33.8 Å². The number of ether oxygens (including phenoxy) is 1. The maximum atomic E-state index is 11.6. The molecule has 1 aromatic carbocycles. The first-order chi connectivity index (χ1) is 8.27. The molecule has 6 nitrogen and oxygen atoms in total. The number of carbonyl (C=O) groups excluding carboxylic acids is 1. The number of sulfonamides is 1. The van der Waals surface area contributed by atoms with Gasteiger partial charge in [0.15, 0.2) is 0 Å². The fraction of sp³-hybridized carbons (Fsp3) is 0.364. The van der Waals surface area contributed by atoms with Gasteiger partial charge in [-0.15, -0.1) is 0 Å². The van der Waals surface area contributed by atoms with Crippen molar-refractivity contribution in [3.05, 3.63) is 24.3 Å². The Morgan fingerprint density at radius 3 is 2.17 bits per heavy atom. The lowest BCUT2D eigenvalue weighted by molar-refractivity contribution is -0.306. The summed E-state index contributed by atoms with van der Waals surface area (Å²) < 4.78 is 29.0. The van der Waals surface area contributed by atoms with Crippen molar-refractivity contribution in [3.63, 3.8) is 0 Å². The molecule has 0 aliphatic rings. The van der Waals surface area contributed by atoms with Gasteiger partial charge in [-0.3, -0.25) is 4.31 Å². The zero-order valence-electron chi connectivity index (χ0n) is 10.3. The zero-order chi connectivity index (χ0) is 13.9. The Balaban J connectivity index is 3.22. The summed E-state index contributed by atoms with van der Waals surface area (Å²) in [6.45, 7) is 1.25. The average Bonchev–Trinajstić information content (AvgIpc) is 2.28. The maximum Gasteiger partial charge on any atom is 0.232 e. The summed E-state index contributed by atoms with van der Waals surface area (Å²) in [7, 11) is -2.23. The first kappa shape index (κ1) is 14.3. The van der Waals surface area contributed by atoms with E-state index in [4.69, 9.17) is 4.74 Å². The summed E-state index contributed by atoms with van der Waals surface area (Å²) in [5.41, 5.74) is 0.245. The van der Waals surface area contributed by atoms with Gasteiger partial charge < -0.3 is 14.6 Å². The average molecular weight is 272 g/mol. The molecule has 0 heterocycles. The lowest BCUT2D eigenvalue weighted by atomic mass is 10.2. The van der Waals surface area contributed by atoms with Gasteiger partial charge in [-0.25, -0.2) is 8.42 Å². The van der Waals surface area contributed by atoms with E-state index in [-0.39, 0.29) is 5.69 Å². The number of aliphatic carboxylic acids is 1. The summed E-state index contributed by atoms with van der Waals surface area (Å²) in [5, 5.41) is 10.8. The molecule has 0 radical (unpaired) electrons. The van der Waals surface area contributed by atoms with E-state index in [0.717, 1.165) is 10.6 Å². The smallest absolute Gasteiger partial charge is 0.232 e. The molecule has 0 bridgehead atoms. The number of carboxylic acids is 1. The first-order valence-corrected chi connectivity index (χ1v) is 6.96. The quantitative estimate of drug-likeness (QED) is 0.728. The van der Waals surface area contributed by atoms with E-state index >= 15 is 0 Å². The SMILES string of the molecule is COc1ccc(N([C@@H](C)C(=O)[O-])S(C)(=O)=O)cc1. The number of anilines is 1. The van der Waals surface area contributed by atoms with Gasteiger partial charge in [0.25, 0.3) is 0 Å². The number of hydrogen-bond acceptors (Lipinski definition) is 5. The van der Waals surface area contributed by atoms with Gasteiger partial charge in [-0.1, -0.05) is 0 Å². The van der Waals surface area contributed by atoms with Crippen molar-refractivity contribution in [2.75, 3.05) is 17.7 Å². The Bertz CT molecular complexity index is 523. The minimum Gasteiger partial charge on any atom is -0.548 e. The predicted octanol–water partition coefficient (Wildman–Crippen LogP) is -0.400. The van der Waals surface area contributed by atoms with Crippen molar-refractivity contribution in [2.24, 2.45) is 0 Å². The monoisotopic (exact) mass is 272 g/mol. The van der Waals surface area contributed by atoms with E-state index in [1.165, 1.54) is 26.2 Å². The minimum atomic E-state index is -3.71. The Kier molecular flexibility index (Phi) is 4.18. The predicted molar refractivity (Wildman–Crippen MR) is 64.8 cm³/mol. The van der Waals surface area contributed by atoms with Crippen LogP contribution in [0.2, 0.25) is 0 Å². The van der Waals surface area contributed by atoms with Gasteiger partial charge in [0.2, 0.25) is 10.0 Å². The Labute approximate surface area is 106 Å². The van der Waals surface area contributed by atoms with Crippen LogP contribution in [0.25, 0.3) is 0 Å². The van der Waals surface area contributed by atoms with E-state index in [2.05, 4.69) is 0 Å². The van der Waals surface area contributed by atoms with Gasteiger partial charge >= 0.3 is 0 Å². The molecule has 0 aliphatic carbocycles. The molecule has 0 spiro atoms. The van der Waals surface area contributed by atoms with E-state index in [1.807, 2.05) is 0 Å². The first-order valence-electron chi connectivity index (χ1n) is 5.11. The molecule has 18 heavy (non-hydrogen) atoms. The highest BCUT2D eigenvalue weighted by Gasteiger charge is 2.24. The normalized spacial score (nSPS) is 12.8. The van der Waals surface area contributed by atoms with Gasteiger partial charge in [0.1, 0.15) is 5.75 Å². The molecule has 1 atom stereocenters. The number of carboxylic acid groups (broad SMARTS) is 1. The number of nitrogens with zero attached hydrogens (tertiary/aromatic N) is 1. The summed E-state index contributed by atoms with van der Waals surface area (Å²) in [4.78, 5) is 10.8. The van der Waals surface area contributed by atoms with Crippen molar-refractivity contribution in [2.45, 2.75) is 13.0 Å². The van der Waals surface area contributed by atoms with Gasteiger partial charge in [-0.05, 0) is 31.2 Å². The summed E-state index contributed by atoms with van der Waals surface area (Å²) >= 11 is 0. The van der Waals surface area contributed by atoms with Gasteiger partial charge in [-0.2, -0.15) is 0 Å². The van der Waals surface area contributed by atoms with E-state index < -0.39 is 22.0 Å². The topological polar surface area (TPSA) is 86.7 Å². The Morgan fingerprint density at radius 1 is 1.33 bits per heavy atom. The van der Waals surface area contributed by atoms with Gasteiger partial charge in [0, 0.05) is 0 Å². The van der Waals surface area contributed by atoms with Crippen LogP contribution < -0.4 is 14.1 Å². The van der Waals surface area contributed by atoms with Crippen molar-refractivity contribution < 1.29 is 23.1 Å². The second kappa shape index (κ2) is 5.26. The van der Waals surface area contributed by atoms with E-state index in [9.17, 15) is 18.3 Å². The van der Waals surface area contributed by atoms with Crippen LogP contribution in [0.15, 0.2) is 24.3 Å². The standard InChI is InChI=1S/C11H15NO5S/c1-8(11(13)14)12(18(3,15)16)9-4-6-10(17-2)7-5-9/h4-8H,1-3H3,(H,13,14)/p-1/t8-/m0/s1. The van der Waals surface area contributed by atoms with Crippen LogP contribution in [0.3, 0.4) is 0 Å². The fourth-order valence-corrected chi connectivity index (χ4v) is 2.69. The van der Waals surface area contributed by atoms with Crippen molar-refractivity contribution in [1.82, 2.24) is 0 Å². The van der Waals surface area contributed by atoms with Crippen molar-refractivity contribution in [1.29, 1.82) is 0 Å². The summed E-state index contributed by atoms with van der Waals surface area (Å²) in [6, 6.07) is 4.76. The highest BCUT2D eigenvalue weighted by atomic mass is 32.2. The minimum absolute atomic E-state index is 0.245. The van der Waals surface area contributed by atoms with Crippen LogP contribution in [0, 0.1) is 0 Å². The second-order valence-corrected chi connectivity index (χ2v) is 5.61. The number of rotatable bonds is 5. The van der Waals surface area contributed by atoms with Crippen molar-refractivity contribution in [3.8, 4) is 5.75 Å². The third-order valence-electron chi connectivity index (χ3n) is 2.38. The number of benzene rings is 1. The molecule has 0 aromatic heterocycles. The van der Waals surface area contributed by atoms with E-state index in [1.54, 1.807) is 12.1 Å². The third kappa shape index (κ3) is 3.13. The molecule has 0 aliphatic heterocycles.